The van der Waals surface area contributed by atoms with E-state index in [0.717, 1.165) is 31.6 Å². The van der Waals surface area contributed by atoms with E-state index in [1.54, 1.807) is 6.07 Å². The zero-order valence-electron chi connectivity index (χ0n) is 8.92. The van der Waals surface area contributed by atoms with E-state index >= 15 is 0 Å². The summed E-state index contributed by atoms with van der Waals surface area (Å²) in [4.78, 5) is 2.29. The molecule has 1 aromatic rings. The Morgan fingerprint density at radius 2 is 2.38 bits per heavy atom. The van der Waals surface area contributed by atoms with Crippen molar-refractivity contribution < 1.29 is 4.39 Å². The Morgan fingerprint density at radius 1 is 1.56 bits per heavy atom. The van der Waals surface area contributed by atoms with Crippen molar-refractivity contribution in [1.29, 1.82) is 0 Å². The lowest BCUT2D eigenvalue weighted by Crippen LogP contribution is -2.32. The third-order valence-corrected chi connectivity index (χ3v) is 3.97. The SMILES string of the molecule is N[C@]12C[C@H]1CN(Cc1ccc(Cl)c(F)c1)C2. The Morgan fingerprint density at radius 3 is 3.00 bits per heavy atom. The first-order chi connectivity index (χ1) is 7.57. The lowest BCUT2D eigenvalue weighted by molar-refractivity contribution is 0.290. The van der Waals surface area contributed by atoms with Crippen molar-refractivity contribution in [2.24, 2.45) is 11.7 Å². The quantitative estimate of drug-likeness (QED) is 0.857. The number of halogens is 2. The van der Waals surface area contributed by atoms with Crippen LogP contribution in [0.15, 0.2) is 18.2 Å². The molecule has 3 rings (SSSR count). The Kier molecular flexibility index (Phi) is 2.25. The first kappa shape index (κ1) is 10.5. The standard InChI is InChI=1S/C12H14ClFN2/c13-10-2-1-8(3-11(10)14)5-16-6-9-4-12(9,15)7-16/h1-3,9H,4-7,15H2/t9-,12-/m0/s1. The summed E-state index contributed by atoms with van der Waals surface area (Å²) in [6, 6.07) is 5.00. The Hall–Kier alpha value is -0.640. The maximum atomic E-state index is 13.2. The summed E-state index contributed by atoms with van der Waals surface area (Å²) in [5.74, 6) is 0.315. The average molecular weight is 241 g/mol. The van der Waals surface area contributed by atoms with E-state index in [1.165, 1.54) is 6.07 Å². The number of fused-ring (bicyclic) bond motifs is 1. The summed E-state index contributed by atoms with van der Waals surface area (Å²) in [5.41, 5.74) is 7.14. The van der Waals surface area contributed by atoms with Crippen molar-refractivity contribution in [3.8, 4) is 0 Å². The number of likely N-dealkylation sites (tertiary alicyclic amines) is 1. The van der Waals surface area contributed by atoms with Gasteiger partial charge in [0.25, 0.3) is 0 Å². The van der Waals surface area contributed by atoms with Crippen LogP contribution in [0.5, 0.6) is 0 Å². The van der Waals surface area contributed by atoms with Crippen LogP contribution >= 0.6 is 11.6 Å². The van der Waals surface area contributed by atoms with Gasteiger partial charge in [0.15, 0.2) is 0 Å². The van der Waals surface area contributed by atoms with Crippen molar-refractivity contribution in [3.05, 3.63) is 34.6 Å². The highest BCUT2D eigenvalue weighted by atomic mass is 35.5. The number of nitrogens with two attached hydrogens (primary N) is 1. The van der Waals surface area contributed by atoms with Crippen LogP contribution in [-0.4, -0.2) is 23.5 Å². The van der Waals surface area contributed by atoms with Gasteiger partial charge in [0.1, 0.15) is 5.82 Å². The van der Waals surface area contributed by atoms with Crippen LogP contribution in [0.3, 0.4) is 0 Å². The second kappa shape index (κ2) is 3.42. The predicted octanol–water partition coefficient (Wildman–Crippen LogP) is 2.01. The Balaban J connectivity index is 1.68. The second-order valence-corrected chi connectivity index (χ2v) is 5.46. The monoisotopic (exact) mass is 240 g/mol. The largest absolute Gasteiger partial charge is 0.324 e. The molecule has 2 aliphatic rings. The highest BCUT2D eigenvalue weighted by Crippen LogP contribution is 2.47. The minimum absolute atomic E-state index is 0.0605. The summed E-state index contributed by atoms with van der Waals surface area (Å²) in [5, 5.41) is 0.184. The van der Waals surface area contributed by atoms with Gasteiger partial charge in [-0.2, -0.15) is 0 Å². The van der Waals surface area contributed by atoms with Crippen LogP contribution in [0, 0.1) is 11.7 Å². The van der Waals surface area contributed by atoms with Crippen LogP contribution in [0.25, 0.3) is 0 Å². The average Bonchev–Trinajstić information content (AvgIpc) is 2.72. The van der Waals surface area contributed by atoms with Gasteiger partial charge < -0.3 is 5.73 Å². The number of nitrogens with zero attached hydrogens (tertiary/aromatic N) is 1. The fourth-order valence-corrected chi connectivity index (χ4v) is 2.77. The minimum atomic E-state index is -0.342. The van der Waals surface area contributed by atoms with E-state index in [4.69, 9.17) is 17.3 Å². The van der Waals surface area contributed by atoms with Gasteiger partial charge in [0.2, 0.25) is 0 Å². The van der Waals surface area contributed by atoms with Gasteiger partial charge in [-0.3, -0.25) is 4.90 Å². The molecule has 2 atom stereocenters. The van der Waals surface area contributed by atoms with Crippen molar-refractivity contribution in [2.45, 2.75) is 18.5 Å². The zero-order valence-corrected chi connectivity index (χ0v) is 9.67. The van der Waals surface area contributed by atoms with Crippen LogP contribution < -0.4 is 5.73 Å². The number of piperidine rings is 1. The van der Waals surface area contributed by atoms with E-state index in [9.17, 15) is 4.39 Å². The van der Waals surface area contributed by atoms with Gasteiger partial charge >= 0.3 is 0 Å². The molecule has 1 saturated carbocycles. The van der Waals surface area contributed by atoms with Crippen LogP contribution in [0.1, 0.15) is 12.0 Å². The number of benzene rings is 1. The predicted molar refractivity (Wildman–Crippen MR) is 61.7 cm³/mol. The third-order valence-electron chi connectivity index (χ3n) is 3.67. The van der Waals surface area contributed by atoms with Crippen molar-refractivity contribution in [2.75, 3.05) is 13.1 Å². The van der Waals surface area contributed by atoms with Crippen LogP contribution in [0.2, 0.25) is 5.02 Å². The van der Waals surface area contributed by atoms with Gasteiger partial charge in [0, 0.05) is 25.2 Å². The van der Waals surface area contributed by atoms with Gasteiger partial charge in [-0.1, -0.05) is 17.7 Å². The topological polar surface area (TPSA) is 29.3 Å². The highest BCUT2D eigenvalue weighted by Gasteiger charge is 2.56. The maximum absolute atomic E-state index is 13.2. The summed E-state index contributed by atoms with van der Waals surface area (Å²) >= 11 is 5.64. The first-order valence-corrected chi connectivity index (χ1v) is 5.90. The van der Waals surface area contributed by atoms with Gasteiger partial charge in [-0.15, -0.1) is 0 Å². The third kappa shape index (κ3) is 1.73. The fraction of sp³-hybridized carbons (Fsp3) is 0.500. The molecule has 1 aliphatic heterocycles. The molecule has 16 heavy (non-hydrogen) atoms. The molecule has 1 heterocycles. The molecule has 4 heteroatoms. The minimum Gasteiger partial charge on any atom is -0.324 e. The fourth-order valence-electron chi connectivity index (χ4n) is 2.65. The van der Waals surface area contributed by atoms with Crippen LogP contribution in [-0.2, 0) is 6.54 Å². The molecule has 0 radical (unpaired) electrons. The number of rotatable bonds is 2. The van der Waals surface area contributed by atoms with E-state index in [-0.39, 0.29) is 16.4 Å². The summed E-state index contributed by atoms with van der Waals surface area (Å²) in [6.45, 7) is 2.74. The molecule has 0 spiro atoms. The van der Waals surface area contributed by atoms with Crippen molar-refractivity contribution in [1.82, 2.24) is 4.90 Å². The van der Waals surface area contributed by atoms with E-state index < -0.39 is 0 Å². The molecule has 0 amide bonds. The molecule has 86 valence electrons. The molecular formula is C12H14ClFN2. The normalized spacial score (nSPS) is 32.8. The van der Waals surface area contributed by atoms with Crippen molar-refractivity contribution in [3.63, 3.8) is 0 Å². The zero-order chi connectivity index (χ0) is 11.3. The van der Waals surface area contributed by atoms with E-state index in [2.05, 4.69) is 4.90 Å². The maximum Gasteiger partial charge on any atom is 0.142 e. The molecular weight excluding hydrogens is 227 g/mol. The second-order valence-electron chi connectivity index (χ2n) is 5.05. The number of hydrogen-bond donors (Lipinski definition) is 1. The number of hydrogen-bond acceptors (Lipinski definition) is 2. The molecule has 1 aliphatic carbocycles. The highest BCUT2D eigenvalue weighted by molar-refractivity contribution is 6.30. The summed E-state index contributed by atoms with van der Waals surface area (Å²) in [6.07, 6.45) is 1.15. The molecule has 0 bridgehead atoms. The van der Waals surface area contributed by atoms with Gasteiger partial charge in [0.05, 0.1) is 5.02 Å². The van der Waals surface area contributed by atoms with Crippen LogP contribution in [0.4, 0.5) is 4.39 Å². The lowest BCUT2D eigenvalue weighted by Gasteiger charge is -2.18. The van der Waals surface area contributed by atoms with Gasteiger partial charge in [-0.05, 0) is 30.0 Å². The molecule has 2 fully saturated rings. The molecule has 2 N–H and O–H groups in total. The first-order valence-electron chi connectivity index (χ1n) is 5.52. The van der Waals surface area contributed by atoms with E-state index in [1.807, 2.05) is 6.07 Å². The molecule has 0 unspecified atom stereocenters. The summed E-state index contributed by atoms with van der Waals surface area (Å²) < 4.78 is 13.2. The molecule has 0 aromatic heterocycles. The van der Waals surface area contributed by atoms with E-state index in [0.29, 0.717) is 5.92 Å². The smallest absolute Gasteiger partial charge is 0.142 e. The molecule has 1 saturated heterocycles. The summed E-state index contributed by atoms with van der Waals surface area (Å²) in [7, 11) is 0. The van der Waals surface area contributed by atoms with Crippen molar-refractivity contribution >= 4 is 11.6 Å². The molecule has 1 aromatic carbocycles. The Labute approximate surface area is 99.2 Å². The molecule has 2 nitrogen and oxygen atoms in total. The van der Waals surface area contributed by atoms with Gasteiger partial charge in [-0.25, -0.2) is 4.39 Å². The Bertz CT molecular complexity index is 437. The lowest BCUT2D eigenvalue weighted by atomic mass is 10.2.